The second kappa shape index (κ2) is 6.30. The highest BCUT2D eigenvalue weighted by molar-refractivity contribution is 5.99. The smallest absolute Gasteiger partial charge is 0.261 e. The molecule has 0 radical (unpaired) electrons. The number of fused-ring (bicyclic) bond motifs is 1. The number of aromatic nitrogens is 4. The Morgan fingerprint density at radius 1 is 0.923 bits per heavy atom. The molecule has 0 aliphatic carbocycles. The Hall–Kier alpha value is -3.14. The largest absolute Gasteiger partial charge is 0.287 e. The van der Waals surface area contributed by atoms with Crippen LogP contribution >= 0.6 is 0 Å². The first kappa shape index (κ1) is 16.3. The molecule has 0 bridgehead atoms. The van der Waals surface area contributed by atoms with Gasteiger partial charge in [0, 0.05) is 18.0 Å². The molecular formula is C22H21N4+. The van der Waals surface area contributed by atoms with E-state index in [0.29, 0.717) is 0 Å². The van der Waals surface area contributed by atoms with Crippen molar-refractivity contribution in [3.05, 3.63) is 71.9 Å². The minimum absolute atomic E-state index is 0.836. The van der Waals surface area contributed by atoms with Gasteiger partial charge in [-0.3, -0.25) is 9.97 Å². The third-order valence-electron chi connectivity index (χ3n) is 4.91. The van der Waals surface area contributed by atoms with Gasteiger partial charge in [-0.25, -0.2) is 4.57 Å². The molecule has 0 N–H and O–H groups in total. The van der Waals surface area contributed by atoms with E-state index in [1.54, 1.807) is 18.6 Å². The van der Waals surface area contributed by atoms with Gasteiger partial charge in [-0.05, 0) is 55.1 Å². The molecule has 4 nitrogen and oxygen atoms in total. The van der Waals surface area contributed by atoms with E-state index < -0.39 is 0 Å². The zero-order valence-electron chi connectivity index (χ0n) is 15.5. The number of hydrogen-bond donors (Lipinski definition) is 0. The van der Waals surface area contributed by atoms with Gasteiger partial charge >= 0.3 is 0 Å². The van der Waals surface area contributed by atoms with Crippen LogP contribution in [0, 0.1) is 20.8 Å². The molecule has 0 saturated carbocycles. The number of para-hydroxylation sites is 1. The van der Waals surface area contributed by atoms with Crippen LogP contribution in [0.25, 0.3) is 33.4 Å². The van der Waals surface area contributed by atoms with Gasteiger partial charge in [-0.15, -0.1) is 0 Å². The summed E-state index contributed by atoms with van der Waals surface area (Å²) in [6, 6.07) is 10.7. The summed E-state index contributed by atoms with van der Waals surface area (Å²) in [6.45, 7) is 6.49. The molecule has 0 aliphatic rings. The normalized spacial score (nSPS) is 11.1. The summed E-state index contributed by atoms with van der Waals surface area (Å²) in [6.07, 6.45) is 7.07. The van der Waals surface area contributed by atoms with E-state index in [9.17, 15) is 0 Å². The van der Waals surface area contributed by atoms with E-state index in [1.165, 1.54) is 27.9 Å². The fraction of sp³-hybridized carbons (Fsp3) is 0.182. The molecule has 0 unspecified atom stereocenters. The molecule has 2 aromatic carbocycles. The van der Waals surface area contributed by atoms with Gasteiger partial charge in [0.05, 0.1) is 29.9 Å². The van der Waals surface area contributed by atoms with E-state index in [-0.39, 0.29) is 0 Å². The maximum absolute atomic E-state index is 4.71. The predicted molar refractivity (Wildman–Crippen MR) is 104 cm³/mol. The Bertz CT molecular complexity index is 1120. The van der Waals surface area contributed by atoms with Crippen molar-refractivity contribution in [2.45, 2.75) is 20.8 Å². The van der Waals surface area contributed by atoms with Crippen molar-refractivity contribution < 1.29 is 4.57 Å². The van der Waals surface area contributed by atoms with E-state index in [0.717, 1.165) is 22.2 Å². The zero-order chi connectivity index (χ0) is 18.3. The second-order valence-corrected chi connectivity index (χ2v) is 6.75. The van der Waals surface area contributed by atoms with Crippen LogP contribution in [0.5, 0.6) is 0 Å². The van der Waals surface area contributed by atoms with Gasteiger partial charge in [-0.1, -0.05) is 17.7 Å². The molecule has 0 amide bonds. The van der Waals surface area contributed by atoms with Crippen molar-refractivity contribution >= 4 is 10.9 Å². The SMILES string of the molecule is Cc1cc(C)c(C)c(-c2c3cccc(-c4cnccn4)c3nc[n+]2C)c1. The van der Waals surface area contributed by atoms with Gasteiger partial charge in [0.1, 0.15) is 5.69 Å². The summed E-state index contributed by atoms with van der Waals surface area (Å²) < 4.78 is 2.10. The molecule has 26 heavy (non-hydrogen) atoms. The van der Waals surface area contributed by atoms with Crippen molar-refractivity contribution in [3.63, 3.8) is 0 Å². The second-order valence-electron chi connectivity index (χ2n) is 6.75. The Kier molecular flexibility index (Phi) is 3.96. The first-order valence-corrected chi connectivity index (χ1v) is 8.68. The number of hydrogen-bond acceptors (Lipinski definition) is 3. The molecule has 0 fully saturated rings. The van der Waals surface area contributed by atoms with Crippen LogP contribution in [0.4, 0.5) is 0 Å². The molecule has 2 aromatic heterocycles. The highest BCUT2D eigenvalue weighted by Crippen LogP contribution is 2.33. The first-order valence-electron chi connectivity index (χ1n) is 8.68. The van der Waals surface area contributed by atoms with E-state index >= 15 is 0 Å². The molecule has 128 valence electrons. The Morgan fingerprint density at radius 2 is 1.77 bits per heavy atom. The third kappa shape index (κ3) is 2.64. The lowest BCUT2D eigenvalue weighted by Gasteiger charge is -2.13. The van der Waals surface area contributed by atoms with Crippen molar-refractivity contribution in [2.75, 3.05) is 0 Å². The first-order chi connectivity index (χ1) is 12.6. The Balaban J connectivity index is 2.08. The predicted octanol–water partition coefficient (Wildman–Crippen LogP) is 4.11. The topological polar surface area (TPSA) is 42.6 Å². The lowest BCUT2D eigenvalue weighted by atomic mass is 9.94. The van der Waals surface area contributed by atoms with Gasteiger partial charge < -0.3 is 0 Å². The van der Waals surface area contributed by atoms with Crippen molar-refractivity contribution in [1.29, 1.82) is 0 Å². The standard InChI is InChI=1S/C22H21N4/c1-14-10-15(2)16(3)19(11-14)22-18-7-5-6-17(20-12-23-8-9-24-20)21(18)25-13-26(22)4/h5-13H,1-4H3/q+1. The highest BCUT2D eigenvalue weighted by atomic mass is 15.0. The molecular weight excluding hydrogens is 320 g/mol. The van der Waals surface area contributed by atoms with Crippen LogP contribution in [0.1, 0.15) is 16.7 Å². The molecule has 2 heterocycles. The molecule has 0 atom stereocenters. The summed E-state index contributed by atoms with van der Waals surface area (Å²) >= 11 is 0. The van der Waals surface area contributed by atoms with E-state index in [2.05, 4.69) is 65.6 Å². The molecule has 4 rings (SSSR count). The fourth-order valence-corrected chi connectivity index (χ4v) is 3.53. The van der Waals surface area contributed by atoms with E-state index in [1.807, 2.05) is 13.4 Å². The van der Waals surface area contributed by atoms with Crippen LogP contribution < -0.4 is 4.57 Å². The maximum atomic E-state index is 4.71. The highest BCUT2D eigenvalue weighted by Gasteiger charge is 2.20. The van der Waals surface area contributed by atoms with Crippen LogP contribution in [-0.2, 0) is 7.05 Å². The van der Waals surface area contributed by atoms with Crippen LogP contribution in [0.15, 0.2) is 55.2 Å². The van der Waals surface area contributed by atoms with Gasteiger partial charge in [-0.2, -0.15) is 0 Å². The summed E-state index contributed by atoms with van der Waals surface area (Å²) in [5, 5.41) is 1.12. The lowest BCUT2D eigenvalue weighted by Crippen LogP contribution is -2.32. The minimum Gasteiger partial charge on any atom is -0.261 e. The van der Waals surface area contributed by atoms with E-state index in [4.69, 9.17) is 4.98 Å². The Morgan fingerprint density at radius 3 is 2.54 bits per heavy atom. The number of aryl methyl sites for hydroxylation is 3. The average Bonchev–Trinajstić information content (AvgIpc) is 2.65. The summed E-state index contributed by atoms with van der Waals surface area (Å²) in [5.74, 6) is 0. The molecule has 4 heteroatoms. The maximum Gasteiger partial charge on any atom is 0.287 e. The van der Waals surface area contributed by atoms with Gasteiger partial charge in [0.2, 0.25) is 0 Å². The molecule has 0 aliphatic heterocycles. The van der Waals surface area contributed by atoms with Crippen LogP contribution in [-0.4, -0.2) is 15.0 Å². The zero-order valence-corrected chi connectivity index (χ0v) is 15.5. The molecule has 0 saturated heterocycles. The lowest BCUT2D eigenvalue weighted by molar-refractivity contribution is -0.662. The fourth-order valence-electron chi connectivity index (χ4n) is 3.53. The minimum atomic E-state index is 0.836. The van der Waals surface area contributed by atoms with Gasteiger partial charge in [0.25, 0.3) is 6.33 Å². The summed E-state index contributed by atoms with van der Waals surface area (Å²) in [4.78, 5) is 13.4. The van der Waals surface area contributed by atoms with Crippen LogP contribution in [0.3, 0.4) is 0 Å². The molecule has 4 aromatic rings. The van der Waals surface area contributed by atoms with Crippen molar-refractivity contribution in [2.24, 2.45) is 7.05 Å². The third-order valence-corrected chi connectivity index (χ3v) is 4.91. The Labute approximate surface area is 153 Å². The molecule has 0 spiro atoms. The number of benzene rings is 2. The summed E-state index contributed by atoms with van der Waals surface area (Å²) in [5.41, 5.74) is 9.05. The van der Waals surface area contributed by atoms with Gasteiger partial charge in [0.15, 0.2) is 5.52 Å². The average molecular weight is 341 g/mol. The summed E-state index contributed by atoms with van der Waals surface area (Å²) in [7, 11) is 2.05. The quantitative estimate of drug-likeness (QED) is 0.515. The number of rotatable bonds is 2. The van der Waals surface area contributed by atoms with Crippen molar-refractivity contribution in [3.8, 4) is 22.5 Å². The number of nitrogens with zero attached hydrogens (tertiary/aromatic N) is 4. The monoisotopic (exact) mass is 341 g/mol. The van der Waals surface area contributed by atoms with Crippen LogP contribution in [0.2, 0.25) is 0 Å². The van der Waals surface area contributed by atoms with Crippen molar-refractivity contribution in [1.82, 2.24) is 15.0 Å².